The Hall–Kier alpha value is -1.27. The van der Waals surface area contributed by atoms with Gasteiger partial charge in [-0.15, -0.1) is 6.42 Å². The molecule has 0 bridgehead atoms. The molecule has 1 aromatic rings. The molecule has 0 saturated carbocycles. The first-order valence-corrected chi connectivity index (χ1v) is 6.17. The molecule has 0 aromatic heterocycles. The highest BCUT2D eigenvalue weighted by molar-refractivity contribution is 7.90. The first-order chi connectivity index (χ1) is 6.49. The van der Waals surface area contributed by atoms with Gasteiger partial charge in [-0.3, -0.25) is 0 Å². The maximum atomic E-state index is 11.4. The lowest BCUT2D eigenvalue weighted by molar-refractivity contribution is 0.601. The van der Waals surface area contributed by atoms with Gasteiger partial charge in [0, 0.05) is 11.8 Å². The van der Waals surface area contributed by atoms with E-state index < -0.39 is 9.84 Å². The Morgan fingerprint density at radius 2 is 2.07 bits per heavy atom. The van der Waals surface area contributed by atoms with Crippen LogP contribution in [0.3, 0.4) is 0 Å². The van der Waals surface area contributed by atoms with E-state index in [1.807, 2.05) is 6.92 Å². The Balaban J connectivity index is 3.47. The second kappa shape index (κ2) is 3.85. The van der Waals surface area contributed by atoms with Crippen molar-refractivity contribution in [3.05, 3.63) is 29.3 Å². The van der Waals surface area contributed by atoms with Crippen molar-refractivity contribution < 1.29 is 8.42 Å². The first kappa shape index (κ1) is 10.8. The Kier molecular flexibility index (Phi) is 2.97. The molecule has 0 heterocycles. The van der Waals surface area contributed by atoms with Gasteiger partial charge in [0.15, 0.2) is 9.84 Å². The minimum atomic E-state index is -3.17. The van der Waals surface area contributed by atoms with Crippen LogP contribution in [0.2, 0.25) is 0 Å². The summed E-state index contributed by atoms with van der Waals surface area (Å²) in [4.78, 5) is 0.343. The van der Waals surface area contributed by atoms with E-state index >= 15 is 0 Å². The number of hydrogen-bond donors (Lipinski definition) is 0. The third-order valence-corrected chi connectivity index (χ3v) is 3.19. The van der Waals surface area contributed by atoms with E-state index in [-0.39, 0.29) is 0 Å². The van der Waals surface area contributed by atoms with Crippen molar-refractivity contribution in [2.24, 2.45) is 0 Å². The van der Waals surface area contributed by atoms with Crippen LogP contribution in [0.1, 0.15) is 18.1 Å². The summed E-state index contributed by atoms with van der Waals surface area (Å²) in [5.41, 5.74) is 1.41. The Labute approximate surface area is 84.9 Å². The summed E-state index contributed by atoms with van der Waals surface area (Å²) in [5, 5.41) is 0. The molecule has 0 amide bonds. The van der Waals surface area contributed by atoms with Gasteiger partial charge in [-0.1, -0.05) is 18.9 Å². The number of benzene rings is 1. The summed E-state index contributed by atoms with van der Waals surface area (Å²) in [5.74, 6) is 2.43. The third-order valence-electron chi connectivity index (χ3n) is 2.01. The molecular weight excluding hydrogens is 196 g/mol. The molecule has 0 saturated heterocycles. The van der Waals surface area contributed by atoms with Gasteiger partial charge in [-0.25, -0.2) is 8.42 Å². The van der Waals surface area contributed by atoms with Gasteiger partial charge in [0.1, 0.15) is 0 Å². The fraction of sp³-hybridized carbons (Fsp3) is 0.273. The van der Waals surface area contributed by atoms with Gasteiger partial charge in [0.25, 0.3) is 0 Å². The number of terminal acetylenes is 1. The Bertz CT molecular complexity index is 478. The minimum absolute atomic E-state index is 0.343. The van der Waals surface area contributed by atoms with Crippen LogP contribution in [-0.4, -0.2) is 14.7 Å². The van der Waals surface area contributed by atoms with Gasteiger partial charge >= 0.3 is 0 Å². The highest BCUT2D eigenvalue weighted by Crippen LogP contribution is 2.17. The minimum Gasteiger partial charge on any atom is -0.224 e. The molecular formula is C11H12O2S. The summed E-state index contributed by atoms with van der Waals surface area (Å²) in [6.07, 6.45) is 7.09. The lowest BCUT2D eigenvalue weighted by atomic mass is 10.1. The summed E-state index contributed by atoms with van der Waals surface area (Å²) in [7, 11) is -3.17. The van der Waals surface area contributed by atoms with E-state index in [0.717, 1.165) is 5.56 Å². The molecule has 0 fully saturated rings. The molecule has 3 heteroatoms. The van der Waals surface area contributed by atoms with Crippen molar-refractivity contribution >= 4 is 9.84 Å². The monoisotopic (exact) mass is 208 g/mol. The van der Waals surface area contributed by atoms with Crippen LogP contribution < -0.4 is 0 Å². The fourth-order valence-corrected chi connectivity index (χ4v) is 2.31. The lowest BCUT2D eigenvalue weighted by Gasteiger charge is -2.05. The van der Waals surface area contributed by atoms with E-state index in [4.69, 9.17) is 6.42 Å². The van der Waals surface area contributed by atoms with Crippen LogP contribution in [0.25, 0.3) is 0 Å². The van der Waals surface area contributed by atoms with E-state index in [0.29, 0.717) is 16.9 Å². The zero-order valence-corrected chi connectivity index (χ0v) is 9.06. The second-order valence-corrected chi connectivity index (χ2v) is 5.08. The predicted octanol–water partition coefficient (Wildman–Crippen LogP) is 1.63. The average Bonchev–Trinajstić information content (AvgIpc) is 2.15. The molecule has 0 spiro atoms. The molecule has 14 heavy (non-hydrogen) atoms. The van der Waals surface area contributed by atoms with Gasteiger partial charge in [-0.05, 0) is 24.1 Å². The Morgan fingerprint density at radius 1 is 1.43 bits per heavy atom. The topological polar surface area (TPSA) is 34.1 Å². The van der Waals surface area contributed by atoms with E-state index in [1.54, 1.807) is 18.2 Å². The van der Waals surface area contributed by atoms with Crippen LogP contribution in [0.5, 0.6) is 0 Å². The molecule has 0 aliphatic carbocycles. The zero-order chi connectivity index (χ0) is 10.8. The van der Waals surface area contributed by atoms with Crippen LogP contribution >= 0.6 is 0 Å². The number of aryl methyl sites for hydroxylation is 1. The van der Waals surface area contributed by atoms with Crippen molar-refractivity contribution in [1.29, 1.82) is 0 Å². The maximum Gasteiger partial charge on any atom is 0.175 e. The zero-order valence-electron chi connectivity index (χ0n) is 8.24. The largest absolute Gasteiger partial charge is 0.224 e. The summed E-state index contributed by atoms with van der Waals surface area (Å²) in [6, 6.07) is 5.08. The molecule has 0 N–H and O–H groups in total. The molecule has 0 aliphatic heterocycles. The summed E-state index contributed by atoms with van der Waals surface area (Å²) >= 11 is 0. The Morgan fingerprint density at radius 3 is 2.50 bits per heavy atom. The van der Waals surface area contributed by atoms with Crippen molar-refractivity contribution in [3.63, 3.8) is 0 Å². The van der Waals surface area contributed by atoms with E-state index in [9.17, 15) is 8.42 Å². The normalized spacial score (nSPS) is 10.9. The molecule has 74 valence electrons. The van der Waals surface area contributed by atoms with Gasteiger partial charge in [0.05, 0.1) is 4.90 Å². The predicted molar refractivity (Wildman–Crippen MR) is 56.9 cm³/mol. The van der Waals surface area contributed by atoms with Gasteiger partial charge in [0.2, 0.25) is 0 Å². The van der Waals surface area contributed by atoms with E-state index in [1.165, 1.54) is 6.26 Å². The van der Waals surface area contributed by atoms with Crippen LogP contribution in [0.4, 0.5) is 0 Å². The van der Waals surface area contributed by atoms with Crippen molar-refractivity contribution in [2.45, 2.75) is 18.2 Å². The summed E-state index contributed by atoms with van der Waals surface area (Å²) < 4.78 is 22.8. The molecule has 0 aliphatic rings. The number of rotatable bonds is 2. The molecule has 0 atom stereocenters. The SMILES string of the molecule is C#Cc1ccc(CC)c(S(C)(=O)=O)c1. The standard InChI is InChI=1S/C11H12O2S/c1-4-9-6-7-10(5-2)11(8-9)14(3,12)13/h1,6-8H,5H2,2-3H3. The maximum absolute atomic E-state index is 11.4. The van der Waals surface area contributed by atoms with Crippen molar-refractivity contribution in [2.75, 3.05) is 6.26 Å². The van der Waals surface area contributed by atoms with Crippen LogP contribution in [-0.2, 0) is 16.3 Å². The van der Waals surface area contributed by atoms with Gasteiger partial charge < -0.3 is 0 Å². The quantitative estimate of drug-likeness (QED) is 0.692. The number of hydrogen-bond acceptors (Lipinski definition) is 2. The molecule has 0 radical (unpaired) electrons. The molecule has 2 nitrogen and oxygen atoms in total. The third kappa shape index (κ3) is 2.15. The van der Waals surface area contributed by atoms with Crippen molar-refractivity contribution in [3.8, 4) is 12.3 Å². The summed E-state index contributed by atoms with van der Waals surface area (Å²) in [6.45, 7) is 1.92. The van der Waals surface area contributed by atoms with Gasteiger partial charge in [-0.2, -0.15) is 0 Å². The van der Waals surface area contributed by atoms with Crippen LogP contribution in [0.15, 0.2) is 23.1 Å². The lowest BCUT2D eigenvalue weighted by Crippen LogP contribution is -2.02. The number of sulfone groups is 1. The van der Waals surface area contributed by atoms with E-state index in [2.05, 4.69) is 5.92 Å². The highest BCUT2D eigenvalue weighted by Gasteiger charge is 2.12. The first-order valence-electron chi connectivity index (χ1n) is 4.28. The highest BCUT2D eigenvalue weighted by atomic mass is 32.2. The second-order valence-electron chi connectivity index (χ2n) is 3.09. The molecule has 1 aromatic carbocycles. The van der Waals surface area contributed by atoms with Crippen LogP contribution in [0, 0.1) is 12.3 Å². The van der Waals surface area contributed by atoms with Crippen molar-refractivity contribution in [1.82, 2.24) is 0 Å². The average molecular weight is 208 g/mol. The molecule has 0 unspecified atom stereocenters. The fourth-order valence-electron chi connectivity index (χ4n) is 1.28. The smallest absolute Gasteiger partial charge is 0.175 e. The molecule has 1 rings (SSSR count).